The van der Waals surface area contributed by atoms with Crippen molar-refractivity contribution in [2.75, 3.05) is 32.8 Å². The molecular formula is C46H73N3O7. The number of aryl methyl sites for hydroxylation is 4. The van der Waals surface area contributed by atoms with Crippen LogP contribution < -0.4 is 15.8 Å². The number of ether oxygens (including phenoxy) is 1. The maximum absolute atomic E-state index is 11.3. The van der Waals surface area contributed by atoms with Gasteiger partial charge in [-0.05, 0) is 124 Å². The van der Waals surface area contributed by atoms with E-state index in [4.69, 9.17) is 20.0 Å². The molecule has 0 aliphatic heterocycles. The van der Waals surface area contributed by atoms with Gasteiger partial charge in [-0.1, -0.05) is 57.9 Å². The Balaban J connectivity index is 1.10. The molecule has 1 fully saturated rings. The van der Waals surface area contributed by atoms with E-state index in [1.165, 1.54) is 49.8 Å². The molecule has 0 radical (unpaired) electrons. The fourth-order valence-electron chi connectivity index (χ4n) is 9.56. The number of hydrogen-bond donors (Lipinski definition) is 8. The first-order valence-corrected chi connectivity index (χ1v) is 21.9. The summed E-state index contributed by atoms with van der Waals surface area (Å²) in [5, 5.41) is 54.4. The molecule has 0 unspecified atom stereocenters. The van der Waals surface area contributed by atoms with Gasteiger partial charge < -0.3 is 50.7 Å². The van der Waals surface area contributed by atoms with E-state index in [1.807, 2.05) is 18.2 Å². The molecule has 56 heavy (non-hydrogen) atoms. The van der Waals surface area contributed by atoms with Crippen molar-refractivity contribution < 1.29 is 34.7 Å². The van der Waals surface area contributed by atoms with Crippen molar-refractivity contribution in [1.82, 2.24) is 10.3 Å². The van der Waals surface area contributed by atoms with Gasteiger partial charge in [0.25, 0.3) is 0 Å². The van der Waals surface area contributed by atoms with Crippen molar-refractivity contribution in [1.29, 1.82) is 0 Å². The van der Waals surface area contributed by atoms with Crippen LogP contribution in [0.4, 0.5) is 0 Å². The summed E-state index contributed by atoms with van der Waals surface area (Å²) < 4.78 is 12.3. The van der Waals surface area contributed by atoms with Crippen LogP contribution >= 0.6 is 0 Å². The van der Waals surface area contributed by atoms with E-state index in [1.54, 1.807) is 13.0 Å². The number of phenols is 1. The minimum atomic E-state index is -0.878. The fourth-order valence-corrected chi connectivity index (χ4v) is 9.56. The van der Waals surface area contributed by atoms with Crippen LogP contribution in [0, 0.1) is 23.7 Å². The van der Waals surface area contributed by atoms with Gasteiger partial charge in [-0.3, -0.25) is 0 Å². The number of unbranched alkanes of at least 4 members (excludes halogenated alkanes) is 1. The van der Waals surface area contributed by atoms with Crippen LogP contribution in [-0.2, 0) is 32.3 Å². The molecule has 0 amide bonds. The highest BCUT2D eigenvalue weighted by atomic mass is 16.5. The number of aromatic nitrogens is 1. The Hall–Kier alpha value is -2.86. The van der Waals surface area contributed by atoms with Gasteiger partial charge in [0.1, 0.15) is 24.2 Å². The van der Waals surface area contributed by atoms with E-state index in [9.17, 15) is 20.4 Å². The average Bonchev–Trinajstić information content (AvgIpc) is 3.92. The number of hydrogen-bond acceptors (Lipinski definition) is 9. The third kappa shape index (κ3) is 13.1. The van der Waals surface area contributed by atoms with Gasteiger partial charge in [0.15, 0.2) is 11.5 Å². The zero-order valence-electron chi connectivity index (χ0n) is 34.3. The van der Waals surface area contributed by atoms with Gasteiger partial charge in [-0.25, -0.2) is 0 Å². The summed E-state index contributed by atoms with van der Waals surface area (Å²) >= 11 is 0. The molecule has 5 rings (SSSR count). The first-order chi connectivity index (χ1) is 27.2. The third-order valence-corrected chi connectivity index (χ3v) is 12.7. The Morgan fingerprint density at radius 3 is 2.54 bits per heavy atom. The standard InChI is InChI=1S/C46H73N3O7/c1-31(9-7-23-50)8-5-11-33(21-22-47)10-3-4-14-45-36(29-51)25-37(56-45)18-15-34-16-20-43(53)46(24-34)55-30-44(54)42-26-39-40(28-48-27-32(2)52)38-13-6-12-35(38)17-19-41(39)49-42/h16,20,24-26,31-33,35,38,40,44,48-54H,3-15,17-19,21-23,27-30,47H2,1-2H3/t31-,32-,33-,35+,38-,40-,44-/m0/s1. The van der Waals surface area contributed by atoms with Crippen molar-refractivity contribution in [3.63, 3.8) is 0 Å². The van der Waals surface area contributed by atoms with Crippen LogP contribution in [0.1, 0.15) is 149 Å². The predicted octanol–water partition coefficient (Wildman–Crippen LogP) is 7.38. The van der Waals surface area contributed by atoms with Gasteiger partial charge >= 0.3 is 0 Å². The summed E-state index contributed by atoms with van der Waals surface area (Å²) in [6, 6.07) is 9.45. The summed E-state index contributed by atoms with van der Waals surface area (Å²) in [7, 11) is 0. The molecule has 0 spiro atoms. The largest absolute Gasteiger partial charge is 0.504 e. The SMILES string of the molecule is C[C@H](CCCO)CCC[C@@H](CCN)CCCCc1oc(CCc2ccc(O)c(OC[C@H](O)c3cc4c([nH]3)CC[C@H]3CCC[C@@H]3[C@@H]4CNC[C@H](C)O)c2)cc1CO. The molecular weight excluding hydrogens is 707 g/mol. The molecule has 10 heteroatoms. The molecule has 2 heterocycles. The highest BCUT2D eigenvalue weighted by Gasteiger charge is 2.38. The van der Waals surface area contributed by atoms with Crippen LogP contribution in [0.15, 0.2) is 34.7 Å². The number of benzene rings is 1. The number of aliphatic hydroxyl groups is 4. The van der Waals surface area contributed by atoms with Crippen molar-refractivity contribution in [3.05, 3.63) is 69.9 Å². The first kappa shape index (κ1) is 44.2. The molecule has 7 atom stereocenters. The minimum Gasteiger partial charge on any atom is -0.504 e. The number of furan rings is 1. The lowest BCUT2D eigenvalue weighted by Gasteiger charge is -2.27. The number of H-pyrrole nitrogens is 1. The molecule has 10 nitrogen and oxygen atoms in total. The number of aromatic hydroxyl groups is 1. The number of fused-ring (bicyclic) bond motifs is 2. The quantitative estimate of drug-likeness (QED) is 0.0387. The lowest BCUT2D eigenvalue weighted by atomic mass is 9.80. The number of aliphatic hydroxyl groups excluding tert-OH is 4. The van der Waals surface area contributed by atoms with Gasteiger partial charge in [-0.2, -0.15) is 0 Å². The minimum absolute atomic E-state index is 0.00636. The van der Waals surface area contributed by atoms with E-state index in [0.29, 0.717) is 48.8 Å². The molecule has 2 aromatic heterocycles. The fraction of sp³-hybridized carbons (Fsp3) is 0.696. The van der Waals surface area contributed by atoms with Gasteiger partial charge in [0.2, 0.25) is 0 Å². The van der Waals surface area contributed by atoms with E-state index >= 15 is 0 Å². The molecule has 9 N–H and O–H groups in total. The van der Waals surface area contributed by atoms with Gasteiger partial charge in [0, 0.05) is 55.4 Å². The Morgan fingerprint density at radius 1 is 0.929 bits per heavy atom. The third-order valence-electron chi connectivity index (χ3n) is 12.7. The van der Waals surface area contributed by atoms with Gasteiger partial charge in [-0.15, -0.1) is 0 Å². The highest BCUT2D eigenvalue weighted by molar-refractivity contribution is 5.42. The Bertz CT molecular complexity index is 1570. The number of rotatable bonds is 26. The molecule has 314 valence electrons. The smallest absolute Gasteiger partial charge is 0.161 e. The van der Waals surface area contributed by atoms with Crippen LogP contribution in [0.25, 0.3) is 0 Å². The summed E-state index contributed by atoms with van der Waals surface area (Å²) in [6.07, 6.45) is 16.7. The molecule has 3 aromatic rings. The number of nitrogens with two attached hydrogens (primary N) is 1. The van der Waals surface area contributed by atoms with E-state index < -0.39 is 12.2 Å². The summed E-state index contributed by atoms with van der Waals surface area (Å²) in [6.45, 7) is 6.43. The van der Waals surface area contributed by atoms with Crippen LogP contribution in [0.2, 0.25) is 0 Å². The zero-order valence-corrected chi connectivity index (χ0v) is 34.3. The second-order valence-corrected chi connectivity index (χ2v) is 17.2. The Morgan fingerprint density at radius 2 is 1.75 bits per heavy atom. The highest BCUT2D eigenvalue weighted by Crippen LogP contribution is 2.47. The summed E-state index contributed by atoms with van der Waals surface area (Å²) in [5.41, 5.74) is 11.0. The molecule has 2 aliphatic rings. The zero-order chi connectivity index (χ0) is 39.9. The lowest BCUT2D eigenvalue weighted by Crippen LogP contribution is -2.32. The molecule has 1 aromatic carbocycles. The maximum Gasteiger partial charge on any atom is 0.161 e. The number of nitrogens with one attached hydrogen (secondary N) is 2. The van der Waals surface area contributed by atoms with Crippen LogP contribution in [-0.4, -0.2) is 69.5 Å². The van der Waals surface area contributed by atoms with Crippen LogP contribution in [0.3, 0.4) is 0 Å². The predicted molar refractivity (Wildman–Crippen MR) is 222 cm³/mol. The Labute approximate surface area is 335 Å². The molecule has 0 saturated heterocycles. The second-order valence-electron chi connectivity index (χ2n) is 17.2. The first-order valence-electron chi connectivity index (χ1n) is 21.9. The van der Waals surface area contributed by atoms with Gasteiger partial charge in [0.05, 0.1) is 12.7 Å². The summed E-state index contributed by atoms with van der Waals surface area (Å²) in [5.74, 6) is 5.05. The van der Waals surface area contributed by atoms with Crippen LogP contribution in [0.5, 0.6) is 11.5 Å². The van der Waals surface area contributed by atoms with Crippen molar-refractivity contribution in [3.8, 4) is 11.5 Å². The van der Waals surface area contributed by atoms with E-state index in [0.717, 1.165) is 105 Å². The number of phenolic OH excluding ortho intramolecular Hbond substituents is 1. The van der Waals surface area contributed by atoms with E-state index in [-0.39, 0.29) is 25.6 Å². The topological polar surface area (TPSA) is 177 Å². The maximum atomic E-state index is 11.3. The Kier molecular flexibility index (Phi) is 18.1. The number of aromatic amines is 1. The average molecular weight is 780 g/mol. The van der Waals surface area contributed by atoms with E-state index in [2.05, 4.69) is 23.3 Å². The monoisotopic (exact) mass is 780 g/mol. The normalized spacial score (nSPS) is 20.3. The summed E-state index contributed by atoms with van der Waals surface area (Å²) in [4.78, 5) is 3.54. The second kappa shape index (κ2) is 22.9. The van der Waals surface area contributed by atoms with Crippen molar-refractivity contribution in [2.45, 2.75) is 148 Å². The van der Waals surface area contributed by atoms with Crippen molar-refractivity contribution in [2.24, 2.45) is 29.4 Å². The van der Waals surface area contributed by atoms with Crippen molar-refractivity contribution >= 4 is 0 Å². The molecule has 0 bridgehead atoms. The molecule has 2 aliphatic carbocycles. The lowest BCUT2D eigenvalue weighted by molar-refractivity contribution is 0.103. The molecule has 1 saturated carbocycles.